The maximum atomic E-state index is 10.9. The van der Waals surface area contributed by atoms with Crippen LogP contribution < -0.4 is 0 Å². The Labute approximate surface area is 416 Å². The third-order valence-corrected chi connectivity index (χ3v) is 13.2. The highest BCUT2D eigenvalue weighted by molar-refractivity contribution is 4.97. The molecule has 35 unspecified atom stereocenters. The molecule has 21 fully saturated rings. The van der Waals surface area contributed by atoms with Crippen molar-refractivity contribution in [3.05, 3.63) is 0 Å². The standard InChI is InChI=1S/C35H56O35.C4H10/c36-1-8(43)29-58-16-3(38)10(45)31(66-23(16)51)60-18-5(40)12(47)33(68-25(18)53)62-20-7(42)14(49)35(70-27(20)55)63-21-6(41)13(48)34(69-28(21)56)61-19-4(39)11(46)32(67-26(19)54)59-17-2(37)9(44)30(65-24(17)52)57-15(1)22(50)64-29;1-3-4-2/h1-56H;3-4H2,1-2H3. The summed E-state index contributed by atoms with van der Waals surface area (Å²) in [4.78, 5) is 0. The van der Waals surface area contributed by atoms with Crippen LogP contribution in [0.25, 0.3) is 0 Å². The van der Waals surface area contributed by atoms with Crippen molar-refractivity contribution in [1.82, 2.24) is 0 Å². The molecule has 0 aromatic heterocycles. The molecule has 21 rings (SSSR count). The second-order valence-corrected chi connectivity index (χ2v) is 18.3. The van der Waals surface area contributed by atoms with Gasteiger partial charge in [0.25, 0.3) is 0 Å². The summed E-state index contributed by atoms with van der Waals surface area (Å²) in [5.74, 6) is 0. The average Bonchev–Trinajstić information content (AvgIpc) is 3.35. The summed E-state index contributed by atoms with van der Waals surface area (Å²) in [6.45, 7) is 4.36. The number of unbranched alkanes of at least 4 members (excludes halogenated alkanes) is 1. The minimum absolute atomic E-state index is 1.32. The average molecular weight is 1090 g/mol. The van der Waals surface area contributed by atoms with Gasteiger partial charge in [-0.1, -0.05) is 26.7 Å². The third-order valence-electron chi connectivity index (χ3n) is 13.2. The van der Waals surface area contributed by atoms with Crippen molar-refractivity contribution < 1.29 is 174 Å². The Kier molecular flexibility index (Phi) is 20.3. The zero-order valence-corrected chi connectivity index (χ0v) is 38.7. The first-order valence-electron chi connectivity index (χ1n) is 23.3. The van der Waals surface area contributed by atoms with E-state index < -0.39 is 216 Å². The number of rotatable bonds is 1. The van der Waals surface area contributed by atoms with Gasteiger partial charge in [0.15, 0.2) is 88.1 Å². The van der Waals surface area contributed by atoms with Gasteiger partial charge in [-0.05, 0) is 0 Å². The zero-order valence-electron chi connectivity index (χ0n) is 38.7. The molecule has 0 saturated carbocycles. The van der Waals surface area contributed by atoms with Gasteiger partial charge < -0.3 is 174 Å². The minimum Gasteiger partial charge on any atom is -0.387 e. The molecular weight excluding hydrogens is 1030 g/mol. The van der Waals surface area contributed by atoms with E-state index in [-0.39, 0.29) is 0 Å². The molecule has 21 saturated heterocycles. The SMILES string of the molecule is CCCC.OC1OC2OC3C(O)OC(OC4C(O)OC(OC5C(O)OC(OC6C(O)OC(OC7C(O)OC(OC8C(O)OC(OC1C(O)C2O)C(O)C8O)C(O)C7O)C(O)C6O)C(O)C5O)C(O)C4O)C(O)C3O. The molecule has 21 heterocycles. The van der Waals surface area contributed by atoms with Crippen molar-refractivity contribution in [2.24, 2.45) is 0 Å². The predicted molar refractivity (Wildman–Crippen MR) is 215 cm³/mol. The highest BCUT2D eigenvalue weighted by Crippen LogP contribution is 2.37. The zero-order chi connectivity index (χ0) is 54.5. The van der Waals surface area contributed by atoms with Crippen LogP contribution in [0.15, 0.2) is 0 Å². The van der Waals surface area contributed by atoms with Crippen molar-refractivity contribution in [2.75, 3.05) is 0 Å². The lowest BCUT2D eigenvalue weighted by atomic mass is 10.00. The van der Waals surface area contributed by atoms with Crippen molar-refractivity contribution >= 4 is 0 Å². The van der Waals surface area contributed by atoms with E-state index in [1.807, 2.05) is 0 Å². The molecule has 0 amide bonds. The summed E-state index contributed by atoms with van der Waals surface area (Å²) in [7, 11) is 0. The topological polar surface area (TPSA) is 554 Å². The van der Waals surface area contributed by atoms with Crippen LogP contribution in [0.3, 0.4) is 0 Å². The van der Waals surface area contributed by atoms with Crippen molar-refractivity contribution in [1.29, 1.82) is 0 Å². The lowest BCUT2D eigenvalue weighted by Gasteiger charge is -2.48. The summed E-state index contributed by atoms with van der Waals surface area (Å²) < 4.78 is 73.3. The van der Waals surface area contributed by atoms with E-state index in [1.165, 1.54) is 12.8 Å². The molecule has 0 aliphatic carbocycles. The fourth-order valence-corrected chi connectivity index (χ4v) is 8.64. The maximum absolute atomic E-state index is 10.9. The van der Waals surface area contributed by atoms with Crippen LogP contribution in [0.4, 0.5) is 0 Å². The molecule has 0 spiro atoms. The largest absolute Gasteiger partial charge is 0.387 e. The van der Waals surface area contributed by atoms with Gasteiger partial charge in [0, 0.05) is 0 Å². The van der Waals surface area contributed by atoms with Gasteiger partial charge in [0.05, 0.1) is 0 Å². The van der Waals surface area contributed by atoms with Gasteiger partial charge in [0.1, 0.15) is 128 Å². The van der Waals surface area contributed by atoms with E-state index in [1.54, 1.807) is 0 Å². The Bertz CT molecular complexity index is 1410. The number of aliphatic hydroxyl groups is 21. The van der Waals surface area contributed by atoms with Crippen LogP contribution in [0.2, 0.25) is 0 Å². The van der Waals surface area contributed by atoms with Crippen LogP contribution in [0.1, 0.15) is 26.7 Å². The number of hydrogen-bond donors (Lipinski definition) is 21. The lowest BCUT2D eigenvalue weighted by molar-refractivity contribution is -0.431. The molecule has 0 aromatic rings. The Morgan fingerprint density at radius 2 is 0.284 bits per heavy atom. The predicted octanol–water partition coefficient (Wildman–Crippen LogP) is -13.7. The molecule has 74 heavy (non-hydrogen) atoms. The van der Waals surface area contributed by atoms with E-state index in [0.29, 0.717) is 0 Å². The summed E-state index contributed by atoms with van der Waals surface area (Å²) in [5, 5.41) is 228. The van der Waals surface area contributed by atoms with Gasteiger partial charge >= 0.3 is 0 Å². The highest BCUT2D eigenvalue weighted by Gasteiger charge is 2.59. The molecule has 21 aliphatic heterocycles. The Hall–Kier alpha value is -1.40. The van der Waals surface area contributed by atoms with E-state index >= 15 is 0 Å². The van der Waals surface area contributed by atoms with Gasteiger partial charge in [-0.25, -0.2) is 0 Å². The van der Waals surface area contributed by atoms with Crippen molar-refractivity contribution in [2.45, 2.75) is 243 Å². The first kappa shape index (κ1) is 60.2. The third kappa shape index (κ3) is 12.2. The summed E-state index contributed by atoms with van der Waals surface area (Å²) in [6, 6.07) is 0. The molecule has 432 valence electrons. The molecule has 21 N–H and O–H groups in total. The lowest BCUT2D eigenvalue weighted by Crippen LogP contribution is -2.67. The molecule has 35 atom stereocenters. The molecule has 0 radical (unpaired) electrons. The second kappa shape index (κ2) is 24.9. The van der Waals surface area contributed by atoms with Crippen LogP contribution in [0, 0.1) is 0 Å². The highest BCUT2D eigenvalue weighted by atomic mass is 16.8. The van der Waals surface area contributed by atoms with Crippen LogP contribution in [0.5, 0.6) is 0 Å². The van der Waals surface area contributed by atoms with Gasteiger partial charge in [-0.2, -0.15) is 0 Å². The molecule has 35 heteroatoms. The Balaban J connectivity index is 0.00000193. The molecule has 21 aliphatic rings. The Morgan fingerprint density at radius 3 is 0.378 bits per heavy atom. The monoisotopic (exact) mass is 1090 g/mol. The summed E-state index contributed by atoms with van der Waals surface area (Å²) in [6.07, 6.45) is -76.9. The molecule has 35 nitrogen and oxygen atoms in total. The van der Waals surface area contributed by atoms with Gasteiger partial charge in [-0.15, -0.1) is 0 Å². The van der Waals surface area contributed by atoms with Crippen LogP contribution in [-0.4, -0.2) is 323 Å². The molecule has 0 aromatic carbocycles. The Morgan fingerprint density at radius 1 is 0.176 bits per heavy atom. The normalized spacial score (nSPS) is 56.9. The van der Waals surface area contributed by atoms with Crippen molar-refractivity contribution in [3.8, 4) is 0 Å². The number of hydrogen-bond acceptors (Lipinski definition) is 35. The first-order chi connectivity index (χ1) is 34.8. The van der Waals surface area contributed by atoms with Crippen molar-refractivity contribution in [3.63, 3.8) is 0 Å². The number of aliphatic hydroxyl groups excluding tert-OH is 21. The summed E-state index contributed by atoms with van der Waals surface area (Å²) in [5.41, 5.74) is 0. The van der Waals surface area contributed by atoms with E-state index in [9.17, 15) is 107 Å². The minimum atomic E-state index is -2.38. The summed E-state index contributed by atoms with van der Waals surface area (Å²) >= 11 is 0. The molecule has 14 bridgehead atoms. The smallest absolute Gasteiger partial charge is 0.189 e. The van der Waals surface area contributed by atoms with E-state index in [4.69, 9.17) is 66.3 Å². The second-order valence-electron chi connectivity index (χ2n) is 18.3. The fourth-order valence-electron chi connectivity index (χ4n) is 8.64. The maximum Gasteiger partial charge on any atom is 0.189 e. The fraction of sp³-hybridized carbons (Fsp3) is 1.00. The van der Waals surface area contributed by atoms with Crippen LogP contribution in [-0.2, 0) is 66.3 Å². The first-order valence-corrected chi connectivity index (χ1v) is 23.3. The van der Waals surface area contributed by atoms with E-state index in [0.717, 1.165) is 0 Å². The van der Waals surface area contributed by atoms with E-state index in [2.05, 4.69) is 13.8 Å². The van der Waals surface area contributed by atoms with Crippen LogP contribution >= 0.6 is 0 Å². The van der Waals surface area contributed by atoms with Gasteiger partial charge in [0.2, 0.25) is 0 Å². The van der Waals surface area contributed by atoms with Gasteiger partial charge in [-0.3, -0.25) is 0 Å². The quantitative estimate of drug-likeness (QED) is 0.116. The molecular formula is C39H66O35. The number of ether oxygens (including phenoxy) is 14.